The van der Waals surface area contributed by atoms with E-state index in [0.717, 1.165) is 45.8 Å². The van der Waals surface area contributed by atoms with Crippen LogP contribution in [-0.2, 0) is 6.42 Å². The van der Waals surface area contributed by atoms with Gasteiger partial charge in [-0.1, -0.05) is 24.3 Å². The highest BCUT2D eigenvalue weighted by Gasteiger charge is 2.13. The lowest BCUT2D eigenvalue weighted by atomic mass is 10.0. The third-order valence-corrected chi connectivity index (χ3v) is 4.27. The molecular weight excluding hydrogens is 326 g/mol. The van der Waals surface area contributed by atoms with Crippen molar-refractivity contribution in [2.45, 2.75) is 6.42 Å². The Labute approximate surface area is 157 Å². The monoisotopic (exact) mass is 356 g/mol. The molecule has 2 rings (SSSR count). The number of benzene rings is 2. The minimum atomic E-state index is 0.746. The molecule has 4 heteroatoms. The molecule has 26 heavy (non-hydrogen) atoms. The van der Waals surface area contributed by atoms with E-state index in [-0.39, 0.29) is 0 Å². The average Bonchev–Trinajstić information content (AvgIpc) is 2.64. The first kappa shape index (κ1) is 19.9. The second-order valence-electron chi connectivity index (χ2n) is 7.28. The zero-order valence-electron chi connectivity index (χ0n) is 16.7. The van der Waals surface area contributed by atoms with Crippen LogP contribution in [0.3, 0.4) is 0 Å². The van der Waals surface area contributed by atoms with Crippen molar-refractivity contribution >= 4 is 12.2 Å². The molecule has 0 atom stereocenters. The Hall–Kier alpha value is -2.46. The third kappa shape index (κ3) is 5.53. The molecular formula is C22H30NO3+. The van der Waals surface area contributed by atoms with Crippen LogP contribution in [0.4, 0.5) is 0 Å². The highest BCUT2D eigenvalue weighted by molar-refractivity contribution is 5.73. The molecule has 0 saturated heterocycles. The van der Waals surface area contributed by atoms with Crippen molar-refractivity contribution in [1.29, 1.82) is 0 Å². The summed E-state index contributed by atoms with van der Waals surface area (Å²) in [6.45, 7) is 1.04. The molecule has 0 spiro atoms. The van der Waals surface area contributed by atoms with Crippen LogP contribution in [0.5, 0.6) is 17.2 Å². The number of nitrogens with zero attached hydrogens (tertiary/aromatic N) is 1. The van der Waals surface area contributed by atoms with Crippen LogP contribution in [-0.4, -0.2) is 53.5 Å². The van der Waals surface area contributed by atoms with Crippen LogP contribution >= 0.6 is 0 Å². The summed E-state index contributed by atoms with van der Waals surface area (Å²) in [5.74, 6) is 2.37. The molecule has 0 aliphatic rings. The molecule has 2 aromatic rings. The molecule has 0 radical (unpaired) electrons. The van der Waals surface area contributed by atoms with Gasteiger partial charge in [0.1, 0.15) is 5.75 Å². The average molecular weight is 356 g/mol. The van der Waals surface area contributed by atoms with Gasteiger partial charge < -0.3 is 18.7 Å². The topological polar surface area (TPSA) is 27.7 Å². The molecule has 0 fully saturated rings. The largest absolute Gasteiger partial charge is 0.497 e. The maximum atomic E-state index is 5.48. The van der Waals surface area contributed by atoms with Crippen molar-refractivity contribution in [2.75, 3.05) is 49.0 Å². The first-order valence-electron chi connectivity index (χ1n) is 8.74. The van der Waals surface area contributed by atoms with E-state index in [1.807, 2.05) is 30.3 Å². The minimum Gasteiger partial charge on any atom is -0.497 e. The fourth-order valence-electron chi connectivity index (χ4n) is 2.67. The van der Waals surface area contributed by atoms with Gasteiger partial charge in [-0.25, -0.2) is 0 Å². The van der Waals surface area contributed by atoms with E-state index < -0.39 is 0 Å². The maximum absolute atomic E-state index is 5.48. The van der Waals surface area contributed by atoms with Crippen LogP contribution in [0.25, 0.3) is 12.2 Å². The number of methoxy groups -OCH3 is 3. The Morgan fingerprint density at radius 1 is 0.808 bits per heavy atom. The first-order chi connectivity index (χ1) is 12.4. The fourth-order valence-corrected chi connectivity index (χ4v) is 2.67. The van der Waals surface area contributed by atoms with E-state index in [9.17, 15) is 0 Å². The molecule has 0 saturated carbocycles. The lowest BCUT2D eigenvalue weighted by Gasteiger charge is -2.24. The molecule has 140 valence electrons. The van der Waals surface area contributed by atoms with Gasteiger partial charge in [0.25, 0.3) is 0 Å². The zero-order chi connectivity index (χ0) is 19.2. The van der Waals surface area contributed by atoms with Crippen molar-refractivity contribution in [1.82, 2.24) is 0 Å². The molecule has 0 aromatic heterocycles. The van der Waals surface area contributed by atoms with Gasteiger partial charge in [0.15, 0.2) is 11.5 Å². The number of hydrogen-bond acceptors (Lipinski definition) is 3. The molecule has 0 aliphatic heterocycles. The van der Waals surface area contributed by atoms with Gasteiger partial charge >= 0.3 is 0 Å². The highest BCUT2D eigenvalue weighted by atomic mass is 16.5. The second-order valence-corrected chi connectivity index (χ2v) is 7.28. The maximum Gasteiger partial charge on any atom is 0.161 e. The van der Waals surface area contributed by atoms with Crippen molar-refractivity contribution in [3.05, 3.63) is 53.1 Å². The molecule has 0 aliphatic carbocycles. The van der Waals surface area contributed by atoms with Crippen molar-refractivity contribution < 1.29 is 18.7 Å². The quantitative estimate of drug-likeness (QED) is 0.526. The number of hydrogen-bond donors (Lipinski definition) is 0. The lowest BCUT2D eigenvalue weighted by Crippen LogP contribution is -2.36. The summed E-state index contributed by atoms with van der Waals surface area (Å²) in [5, 5.41) is 0. The standard InChI is InChI=1S/C22H30NO3/c1-23(2,3)14-13-19-16-22(26-6)21(25-5)15-18(19)10-7-17-8-11-20(24-4)12-9-17/h7-12,15-16H,13-14H2,1-6H3/q+1. The van der Waals surface area contributed by atoms with E-state index in [1.54, 1.807) is 21.3 Å². The van der Waals surface area contributed by atoms with E-state index in [4.69, 9.17) is 14.2 Å². The summed E-state index contributed by atoms with van der Waals surface area (Å²) in [5.41, 5.74) is 3.52. The van der Waals surface area contributed by atoms with Gasteiger partial charge in [-0.05, 0) is 41.0 Å². The zero-order valence-corrected chi connectivity index (χ0v) is 16.7. The van der Waals surface area contributed by atoms with E-state index in [1.165, 1.54) is 5.56 Å². The summed E-state index contributed by atoms with van der Waals surface area (Å²) in [4.78, 5) is 0. The molecule has 0 bridgehead atoms. The SMILES string of the molecule is COc1ccc(C=Cc2cc(OC)c(OC)cc2CC[N+](C)(C)C)cc1. The summed E-state index contributed by atoms with van der Waals surface area (Å²) in [7, 11) is 11.6. The Balaban J connectivity index is 2.34. The van der Waals surface area contributed by atoms with Crippen LogP contribution in [0, 0.1) is 0 Å². The fraction of sp³-hybridized carbons (Fsp3) is 0.364. The van der Waals surface area contributed by atoms with Crippen molar-refractivity contribution in [3.63, 3.8) is 0 Å². The molecule has 0 unspecified atom stereocenters. The minimum absolute atomic E-state index is 0.746. The van der Waals surface area contributed by atoms with Gasteiger partial charge in [0.05, 0.1) is 49.0 Å². The van der Waals surface area contributed by atoms with Crippen LogP contribution in [0.15, 0.2) is 36.4 Å². The number of rotatable bonds is 8. The molecule has 0 N–H and O–H groups in total. The van der Waals surface area contributed by atoms with E-state index >= 15 is 0 Å². The smallest absolute Gasteiger partial charge is 0.161 e. The van der Waals surface area contributed by atoms with Crippen LogP contribution < -0.4 is 14.2 Å². The van der Waals surface area contributed by atoms with Crippen molar-refractivity contribution in [2.24, 2.45) is 0 Å². The predicted molar refractivity (Wildman–Crippen MR) is 108 cm³/mol. The summed E-state index contributed by atoms with van der Waals surface area (Å²) >= 11 is 0. The lowest BCUT2D eigenvalue weighted by molar-refractivity contribution is -0.870. The summed E-state index contributed by atoms with van der Waals surface area (Å²) in [6.07, 6.45) is 5.21. The van der Waals surface area contributed by atoms with E-state index in [2.05, 4.69) is 39.4 Å². The third-order valence-electron chi connectivity index (χ3n) is 4.27. The predicted octanol–water partition coefficient (Wildman–Crippen LogP) is 4.13. The highest BCUT2D eigenvalue weighted by Crippen LogP contribution is 2.32. The van der Waals surface area contributed by atoms with Crippen LogP contribution in [0.1, 0.15) is 16.7 Å². The Morgan fingerprint density at radius 3 is 1.96 bits per heavy atom. The van der Waals surface area contributed by atoms with Gasteiger partial charge in [-0.3, -0.25) is 0 Å². The Bertz CT molecular complexity index is 743. The van der Waals surface area contributed by atoms with Gasteiger partial charge in [0.2, 0.25) is 0 Å². The Morgan fingerprint density at radius 2 is 1.42 bits per heavy atom. The number of quaternary nitrogens is 1. The Kier molecular flexibility index (Phi) is 6.70. The first-order valence-corrected chi connectivity index (χ1v) is 8.74. The van der Waals surface area contributed by atoms with Gasteiger partial charge in [-0.2, -0.15) is 0 Å². The molecule has 4 nitrogen and oxygen atoms in total. The second kappa shape index (κ2) is 8.77. The molecule has 0 amide bonds. The normalized spacial score (nSPS) is 11.6. The van der Waals surface area contributed by atoms with Crippen LogP contribution in [0.2, 0.25) is 0 Å². The summed E-state index contributed by atoms with van der Waals surface area (Å²) < 4.78 is 17.1. The van der Waals surface area contributed by atoms with Gasteiger partial charge in [0, 0.05) is 6.42 Å². The van der Waals surface area contributed by atoms with Crippen molar-refractivity contribution in [3.8, 4) is 17.2 Å². The van der Waals surface area contributed by atoms with E-state index in [0.29, 0.717) is 0 Å². The number of likely N-dealkylation sites (N-methyl/N-ethyl adjacent to an activating group) is 1. The molecule has 2 aromatic carbocycles. The summed E-state index contributed by atoms with van der Waals surface area (Å²) in [6, 6.07) is 12.1. The van der Waals surface area contributed by atoms with Gasteiger partial charge in [-0.15, -0.1) is 0 Å². The molecule has 0 heterocycles. The number of ether oxygens (including phenoxy) is 3.